The van der Waals surface area contributed by atoms with E-state index in [0.29, 0.717) is 12.8 Å². The molecular formula is C58H109NO13. The van der Waals surface area contributed by atoms with Gasteiger partial charge in [0.05, 0.1) is 32.0 Å². The van der Waals surface area contributed by atoms with Crippen LogP contribution in [0.1, 0.15) is 245 Å². The second-order valence-corrected chi connectivity index (χ2v) is 21.1. The van der Waals surface area contributed by atoms with Crippen molar-refractivity contribution in [1.29, 1.82) is 0 Å². The molecule has 0 aromatic heterocycles. The molecule has 2 saturated heterocycles. The minimum absolute atomic E-state index is 0.246. The summed E-state index contributed by atoms with van der Waals surface area (Å²) in [6.07, 6.45) is 35.3. The normalized spacial score (nSPS) is 25.7. The molecule has 2 aliphatic heterocycles. The summed E-state index contributed by atoms with van der Waals surface area (Å²) in [6.45, 7) is 2.78. The molecule has 2 rings (SSSR count). The first-order valence-electron chi connectivity index (χ1n) is 29.6. The number of aliphatic hydroxyl groups is 8. The first-order valence-corrected chi connectivity index (χ1v) is 29.6. The maximum Gasteiger partial charge on any atom is 0.220 e. The number of hydrogen-bond donors (Lipinski definition) is 9. The van der Waals surface area contributed by atoms with Gasteiger partial charge in [-0.05, 0) is 32.1 Å². The van der Waals surface area contributed by atoms with Crippen LogP contribution in [0.3, 0.4) is 0 Å². The van der Waals surface area contributed by atoms with Gasteiger partial charge in [0.1, 0.15) is 48.8 Å². The van der Waals surface area contributed by atoms with Gasteiger partial charge in [-0.2, -0.15) is 0 Å². The monoisotopic (exact) mass is 1030 g/mol. The Labute approximate surface area is 437 Å². The maximum atomic E-state index is 13.2. The summed E-state index contributed by atoms with van der Waals surface area (Å²) < 4.78 is 22.7. The van der Waals surface area contributed by atoms with Crippen LogP contribution in [0.15, 0.2) is 24.3 Å². The predicted molar refractivity (Wildman–Crippen MR) is 286 cm³/mol. The van der Waals surface area contributed by atoms with Gasteiger partial charge in [-0.3, -0.25) is 4.79 Å². The Hall–Kier alpha value is -1.53. The van der Waals surface area contributed by atoms with Crippen LogP contribution in [-0.4, -0.2) is 140 Å². The Morgan fingerprint density at radius 2 is 0.889 bits per heavy atom. The molecule has 12 unspecified atom stereocenters. The standard InChI is InChI=1S/C58H109NO13/c1-3-5-7-9-11-13-15-17-18-19-20-21-22-23-24-25-26-27-28-29-30-32-34-36-38-40-42-50(63)59-46(47(62)41-39-37-35-33-31-16-14-12-10-8-6-4-2)45-69-57-55(68)53(66)56(49(44-61)71-57)72-58-54(67)52(65)51(64)48(43-60)70-58/h31,33,39,41,46-49,51-58,60-62,64-68H,3-30,32,34-38,40,42-45H2,1-2H3,(H,59,63)/b33-31+,41-39+. The third kappa shape index (κ3) is 30.3. The quantitative estimate of drug-likeness (QED) is 0.0205. The Morgan fingerprint density at radius 1 is 0.486 bits per heavy atom. The molecule has 0 aromatic rings. The summed E-state index contributed by atoms with van der Waals surface area (Å²) in [6, 6.07) is -0.926. The number of nitrogens with one attached hydrogen (secondary N) is 1. The molecule has 12 atom stereocenters. The van der Waals surface area contributed by atoms with E-state index >= 15 is 0 Å². The van der Waals surface area contributed by atoms with Crippen LogP contribution in [-0.2, 0) is 23.7 Å². The molecule has 0 aromatic carbocycles. The Bertz CT molecular complexity index is 1300. The molecule has 424 valence electrons. The van der Waals surface area contributed by atoms with Crippen molar-refractivity contribution < 1.29 is 64.6 Å². The molecule has 2 aliphatic rings. The van der Waals surface area contributed by atoms with Gasteiger partial charge < -0.3 is 65.1 Å². The lowest BCUT2D eigenvalue weighted by Crippen LogP contribution is -2.65. The molecule has 14 heteroatoms. The van der Waals surface area contributed by atoms with E-state index in [4.69, 9.17) is 18.9 Å². The van der Waals surface area contributed by atoms with Gasteiger partial charge in [0.15, 0.2) is 12.6 Å². The second-order valence-electron chi connectivity index (χ2n) is 21.1. The number of unbranched alkanes of at least 4 members (excludes halogenated alkanes) is 32. The number of carbonyl (C=O) groups excluding carboxylic acids is 1. The van der Waals surface area contributed by atoms with Crippen molar-refractivity contribution in [1.82, 2.24) is 5.32 Å². The summed E-state index contributed by atoms with van der Waals surface area (Å²) >= 11 is 0. The summed E-state index contributed by atoms with van der Waals surface area (Å²) in [7, 11) is 0. The van der Waals surface area contributed by atoms with Crippen LogP contribution in [0.2, 0.25) is 0 Å². The fourth-order valence-electron chi connectivity index (χ4n) is 9.84. The van der Waals surface area contributed by atoms with Crippen LogP contribution in [0, 0.1) is 0 Å². The van der Waals surface area contributed by atoms with Gasteiger partial charge >= 0.3 is 0 Å². The molecule has 2 fully saturated rings. The van der Waals surface area contributed by atoms with E-state index in [1.54, 1.807) is 6.08 Å². The molecule has 0 saturated carbocycles. The second kappa shape index (κ2) is 44.6. The van der Waals surface area contributed by atoms with Crippen molar-refractivity contribution in [3.05, 3.63) is 24.3 Å². The highest BCUT2D eigenvalue weighted by molar-refractivity contribution is 5.76. The number of aliphatic hydroxyl groups excluding tert-OH is 8. The fraction of sp³-hybridized carbons (Fsp3) is 0.914. The Morgan fingerprint density at radius 3 is 1.36 bits per heavy atom. The van der Waals surface area contributed by atoms with E-state index in [2.05, 4.69) is 31.3 Å². The van der Waals surface area contributed by atoms with Crippen molar-refractivity contribution >= 4 is 5.91 Å². The smallest absolute Gasteiger partial charge is 0.220 e. The Balaban J connectivity index is 1.70. The number of ether oxygens (including phenoxy) is 4. The first-order chi connectivity index (χ1) is 35.1. The van der Waals surface area contributed by atoms with E-state index in [0.717, 1.165) is 32.1 Å². The summed E-state index contributed by atoms with van der Waals surface area (Å²) in [5.41, 5.74) is 0. The molecule has 0 aliphatic carbocycles. The topological polar surface area (TPSA) is 228 Å². The number of carbonyl (C=O) groups is 1. The zero-order valence-corrected chi connectivity index (χ0v) is 45.4. The fourth-order valence-corrected chi connectivity index (χ4v) is 9.84. The van der Waals surface area contributed by atoms with Crippen molar-refractivity contribution in [2.75, 3.05) is 19.8 Å². The zero-order chi connectivity index (χ0) is 52.4. The largest absolute Gasteiger partial charge is 0.394 e. The van der Waals surface area contributed by atoms with E-state index in [9.17, 15) is 45.6 Å². The summed E-state index contributed by atoms with van der Waals surface area (Å²) in [4.78, 5) is 13.2. The van der Waals surface area contributed by atoms with E-state index < -0.39 is 86.8 Å². The lowest BCUT2D eigenvalue weighted by atomic mass is 9.97. The van der Waals surface area contributed by atoms with Gasteiger partial charge in [0.25, 0.3) is 0 Å². The molecule has 0 bridgehead atoms. The zero-order valence-electron chi connectivity index (χ0n) is 45.4. The summed E-state index contributed by atoms with van der Waals surface area (Å²) in [5, 5.41) is 86.9. The molecule has 0 spiro atoms. The van der Waals surface area contributed by atoms with Crippen molar-refractivity contribution in [2.24, 2.45) is 0 Å². The Kier molecular flexibility index (Phi) is 41.2. The molecule has 2 heterocycles. The molecule has 9 N–H and O–H groups in total. The average Bonchev–Trinajstić information content (AvgIpc) is 3.38. The van der Waals surface area contributed by atoms with Crippen molar-refractivity contribution in [3.8, 4) is 0 Å². The van der Waals surface area contributed by atoms with Gasteiger partial charge in [0, 0.05) is 6.42 Å². The number of amides is 1. The molecule has 14 nitrogen and oxygen atoms in total. The van der Waals surface area contributed by atoms with Crippen molar-refractivity contribution in [2.45, 2.75) is 319 Å². The minimum Gasteiger partial charge on any atom is -0.394 e. The third-order valence-electron chi connectivity index (χ3n) is 14.6. The predicted octanol–water partition coefficient (Wildman–Crippen LogP) is 9.67. The SMILES string of the molecule is CCCCCCCC/C=C/CC/C=C/C(O)C(COC1OC(CO)C(OC2OC(CO)C(O)C(O)C2O)C(O)C1O)NC(=O)CCCCCCCCCCCCCCCCCCCCCCCCCCCC. The third-order valence-corrected chi connectivity index (χ3v) is 14.6. The maximum absolute atomic E-state index is 13.2. The average molecular weight is 1030 g/mol. The van der Waals surface area contributed by atoms with Crippen LogP contribution in [0.25, 0.3) is 0 Å². The van der Waals surface area contributed by atoms with E-state index in [-0.39, 0.29) is 18.9 Å². The lowest BCUT2D eigenvalue weighted by molar-refractivity contribution is -0.359. The van der Waals surface area contributed by atoms with Gasteiger partial charge in [-0.1, -0.05) is 231 Å². The number of allylic oxidation sites excluding steroid dienone is 3. The highest BCUT2D eigenvalue weighted by Crippen LogP contribution is 2.30. The molecule has 1 amide bonds. The van der Waals surface area contributed by atoms with Crippen molar-refractivity contribution in [3.63, 3.8) is 0 Å². The van der Waals surface area contributed by atoms with Crippen LogP contribution in [0.5, 0.6) is 0 Å². The first kappa shape index (κ1) is 66.6. The van der Waals surface area contributed by atoms with Gasteiger partial charge in [-0.15, -0.1) is 0 Å². The lowest BCUT2D eigenvalue weighted by Gasteiger charge is -2.46. The number of rotatable bonds is 47. The molecule has 72 heavy (non-hydrogen) atoms. The summed E-state index contributed by atoms with van der Waals surface area (Å²) in [5.74, 6) is -0.246. The van der Waals surface area contributed by atoms with Crippen LogP contribution in [0.4, 0.5) is 0 Å². The highest BCUT2D eigenvalue weighted by Gasteiger charge is 2.51. The van der Waals surface area contributed by atoms with Gasteiger partial charge in [0.2, 0.25) is 5.91 Å². The van der Waals surface area contributed by atoms with E-state index in [1.807, 2.05) is 6.08 Å². The highest BCUT2D eigenvalue weighted by atomic mass is 16.7. The van der Waals surface area contributed by atoms with Crippen LogP contribution < -0.4 is 5.32 Å². The molecule has 0 radical (unpaired) electrons. The van der Waals surface area contributed by atoms with Gasteiger partial charge in [-0.25, -0.2) is 0 Å². The van der Waals surface area contributed by atoms with Crippen LogP contribution >= 0.6 is 0 Å². The minimum atomic E-state index is -1.79. The van der Waals surface area contributed by atoms with E-state index in [1.165, 1.54) is 180 Å². The number of hydrogen-bond acceptors (Lipinski definition) is 13. The molecular weight excluding hydrogens is 919 g/mol.